The molecule has 4 rings (SSSR count). The predicted molar refractivity (Wildman–Crippen MR) is 92.2 cm³/mol. The van der Waals surface area contributed by atoms with Crippen molar-refractivity contribution in [2.75, 3.05) is 0 Å². The number of carbonyl (C=O) groups is 2. The summed E-state index contributed by atoms with van der Waals surface area (Å²) in [5.74, 6) is -1.34. The molecule has 0 fully saturated rings. The van der Waals surface area contributed by atoms with Crippen LogP contribution in [-0.4, -0.2) is 11.9 Å². The molecule has 2 heterocycles. The molecule has 0 aliphatic carbocycles. The minimum atomic E-state index is -0.874. The summed E-state index contributed by atoms with van der Waals surface area (Å²) in [6.45, 7) is 0. The molecule has 0 aliphatic heterocycles. The molecule has 0 saturated heterocycles. The first-order chi connectivity index (χ1) is 12.5. The van der Waals surface area contributed by atoms with Crippen molar-refractivity contribution < 1.29 is 23.2 Å². The van der Waals surface area contributed by atoms with Crippen LogP contribution in [0.1, 0.15) is 20.9 Å². The third-order valence-electron chi connectivity index (χ3n) is 3.81. The second-order valence-electron chi connectivity index (χ2n) is 5.55. The van der Waals surface area contributed by atoms with E-state index in [-0.39, 0.29) is 22.7 Å². The largest absolute Gasteiger partial charge is 0.449 e. The molecule has 0 bridgehead atoms. The van der Waals surface area contributed by atoms with E-state index in [1.165, 1.54) is 18.2 Å². The molecule has 7 nitrogen and oxygen atoms in total. The topological polar surface area (TPSA) is 113 Å². The van der Waals surface area contributed by atoms with Gasteiger partial charge < -0.3 is 19.3 Å². The zero-order valence-electron chi connectivity index (χ0n) is 13.2. The Morgan fingerprint density at radius 3 is 2.42 bits per heavy atom. The molecule has 4 aromatic rings. The van der Waals surface area contributed by atoms with Gasteiger partial charge >= 0.3 is 11.6 Å². The Hall–Kier alpha value is -3.87. The Kier molecular flexibility index (Phi) is 3.54. The van der Waals surface area contributed by atoms with E-state index in [2.05, 4.69) is 0 Å². The second kappa shape index (κ2) is 5.89. The fourth-order valence-electron chi connectivity index (χ4n) is 2.57. The van der Waals surface area contributed by atoms with Gasteiger partial charge in [-0.15, -0.1) is 0 Å². The Morgan fingerprint density at radius 1 is 0.885 bits per heavy atom. The fraction of sp³-hybridized carbons (Fsp3) is 0. The first kappa shape index (κ1) is 15.6. The maximum absolute atomic E-state index is 12.3. The van der Waals surface area contributed by atoms with E-state index in [9.17, 15) is 14.4 Å². The van der Waals surface area contributed by atoms with Crippen molar-refractivity contribution in [3.05, 3.63) is 76.3 Å². The number of esters is 1. The molecule has 2 aromatic heterocycles. The van der Waals surface area contributed by atoms with Gasteiger partial charge in [-0.1, -0.05) is 18.2 Å². The number of fused-ring (bicyclic) bond motifs is 2. The standard InChI is InChI=1S/C19H11NO6/c20-17(21)13-7-11-5-6-12(9-15(11)26-18(13)22)24-19(23)16-8-10-3-1-2-4-14(10)25-16/h1-9H,(H2,20,21). The molecule has 2 N–H and O–H groups in total. The molecule has 0 atom stereocenters. The van der Waals surface area contributed by atoms with Gasteiger partial charge in [-0.05, 0) is 30.3 Å². The van der Waals surface area contributed by atoms with Crippen molar-refractivity contribution in [2.45, 2.75) is 0 Å². The van der Waals surface area contributed by atoms with Gasteiger partial charge in [-0.2, -0.15) is 0 Å². The number of furan rings is 1. The van der Waals surface area contributed by atoms with Gasteiger partial charge in [0.1, 0.15) is 22.5 Å². The van der Waals surface area contributed by atoms with Crippen LogP contribution in [0.4, 0.5) is 0 Å². The number of ether oxygens (including phenoxy) is 1. The van der Waals surface area contributed by atoms with E-state index in [1.807, 2.05) is 12.1 Å². The third kappa shape index (κ3) is 2.71. The molecular weight excluding hydrogens is 338 g/mol. The minimum absolute atomic E-state index is 0.0526. The third-order valence-corrected chi connectivity index (χ3v) is 3.81. The predicted octanol–water partition coefficient (Wildman–Crippen LogP) is 2.86. The van der Waals surface area contributed by atoms with Crippen molar-refractivity contribution in [3.63, 3.8) is 0 Å². The number of benzene rings is 2. The van der Waals surface area contributed by atoms with Gasteiger partial charge in [-0.3, -0.25) is 4.79 Å². The zero-order chi connectivity index (χ0) is 18.3. The summed E-state index contributed by atoms with van der Waals surface area (Å²) in [5, 5.41) is 1.25. The maximum Gasteiger partial charge on any atom is 0.379 e. The molecule has 0 saturated carbocycles. The molecule has 0 aliphatic rings. The summed E-state index contributed by atoms with van der Waals surface area (Å²) in [5.41, 5.74) is 4.75. The summed E-state index contributed by atoms with van der Waals surface area (Å²) >= 11 is 0. The van der Waals surface area contributed by atoms with Crippen LogP contribution in [0, 0.1) is 0 Å². The Labute approximate surface area is 145 Å². The summed E-state index contributed by atoms with van der Waals surface area (Å²) in [4.78, 5) is 35.2. The quantitative estimate of drug-likeness (QED) is 0.346. The van der Waals surface area contributed by atoms with Gasteiger partial charge in [0.25, 0.3) is 5.91 Å². The number of carbonyl (C=O) groups excluding carboxylic acids is 2. The molecular formula is C19H11NO6. The Balaban J connectivity index is 1.66. The molecule has 0 spiro atoms. The van der Waals surface area contributed by atoms with Crippen molar-refractivity contribution in [3.8, 4) is 5.75 Å². The van der Waals surface area contributed by atoms with Crippen LogP contribution in [0.2, 0.25) is 0 Å². The number of primary amides is 1. The number of hydrogen-bond donors (Lipinski definition) is 1. The van der Waals surface area contributed by atoms with Crippen molar-refractivity contribution >= 4 is 33.8 Å². The van der Waals surface area contributed by atoms with Crippen LogP contribution < -0.4 is 16.1 Å². The van der Waals surface area contributed by atoms with Gasteiger partial charge in [0.2, 0.25) is 5.76 Å². The highest BCUT2D eigenvalue weighted by Gasteiger charge is 2.16. The molecule has 0 unspecified atom stereocenters. The monoisotopic (exact) mass is 349 g/mol. The molecule has 26 heavy (non-hydrogen) atoms. The Bertz CT molecular complexity index is 1200. The van der Waals surface area contributed by atoms with Crippen molar-refractivity contribution in [2.24, 2.45) is 5.73 Å². The van der Waals surface area contributed by atoms with Gasteiger partial charge in [-0.25, -0.2) is 9.59 Å². The highest BCUT2D eigenvalue weighted by Crippen LogP contribution is 2.23. The number of hydrogen-bond acceptors (Lipinski definition) is 6. The normalized spacial score (nSPS) is 10.9. The lowest BCUT2D eigenvalue weighted by molar-refractivity contribution is 0.0704. The van der Waals surface area contributed by atoms with Crippen LogP contribution in [0.3, 0.4) is 0 Å². The van der Waals surface area contributed by atoms with E-state index in [0.717, 1.165) is 5.39 Å². The SMILES string of the molecule is NC(=O)c1cc2ccc(OC(=O)c3cc4ccccc4o3)cc2oc1=O. The lowest BCUT2D eigenvalue weighted by Gasteiger charge is -2.04. The second-order valence-corrected chi connectivity index (χ2v) is 5.55. The van der Waals surface area contributed by atoms with E-state index in [4.69, 9.17) is 19.3 Å². The van der Waals surface area contributed by atoms with Crippen LogP contribution in [0.5, 0.6) is 5.75 Å². The number of rotatable bonds is 3. The summed E-state index contributed by atoms with van der Waals surface area (Å²) in [6, 6.07) is 14.5. The molecule has 1 amide bonds. The molecule has 7 heteroatoms. The van der Waals surface area contributed by atoms with Gasteiger partial charge in [0.15, 0.2) is 0 Å². The highest BCUT2D eigenvalue weighted by molar-refractivity contribution is 5.96. The van der Waals surface area contributed by atoms with Gasteiger partial charge in [0, 0.05) is 16.8 Å². The average molecular weight is 349 g/mol. The fourth-order valence-corrected chi connectivity index (χ4v) is 2.57. The van der Waals surface area contributed by atoms with Crippen LogP contribution in [-0.2, 0) is 0 Å². The summed E-state index contributed by atoms with van der Waals surface area (Å²) in [7, 11) is 0. The molecule has 0 radical (unpaired) electrons. The molecule has 128 valence electrons. The van der Waals surface area contributed by atoms with Crippen LogP contribution in [0.15, 0.2) is 68.2 Å². The average Bonchev–Trinajstić information content (AvgIpc) is 3.05. The van der Waals surface area contributed by atoms with Crippen molar-refractivity contribution in [1.82, 2.24) is 0 Å². The van der Waals surface area contributed by atoms with Crippen LogP contribution >= 0.6 is 0 Å². The number of amides is 1. The van der Waals surface area contributed by atoms with E-state index >= 15 is 0 Å². The summed E-state index contributed by atoms with van der Waals surface area (Å²) < 4.78 is 15.8. The Morgan fingerprint density at radius 2 is 1.65 bits per heavy atom. The van der Waals surface area contributed by atoms with E-state index in [1.54, 1.807) is 24.3 Å². The zero-order valence-corrected chi connectivity index (χ0v) is 13.2. The van der Waals surface area contributed by atoms with Crippen LogP contribution in [0.25, 0.3) is 21.9 Å². The summed E-state index contributed by atoms with van der Waals surface area (Å²) in [6.07, 6.45) is 0. The lowest BCUT2D eigenvalue weighted by atomic mass is 10.2. The first-order valence-corrected chi connectivity index (χ1v) is 7.60. The first-order valence-electron chi connectivity index (χ1n) is 7.60. The van der Waals surface area contributed by atoms with E-state index < -0.39 is 17.5 Å². The maximum atomic E-state index is 12.3. The van der Waals surface area contributed by atoms with Gasteiger partial charge in [0.05, 0.1) is 0 Å². The number of nitrogens with two attached hydrogens (primary N) is 1. The molecule has 2 aromatic carbocycles. The highest BCUT2D eigenvalue weighted by atomic mass is 16.5. The smallest absolute Gasteiger partial charge is 0.379 e. The number of para-hydroxylation sites is 1. The van der Waals surface area contributed by atoms with E-state index in [0.29, 0.717) is 11.0 Å². The van der Waals surface area contributed by atoms with Crippen molar-refractivity contribution in [1.29, 1.82) is 0 Å². The minimum Gasteiger partial charge on any atom is -0.449 e. The lowest BCUT2D eigenvalue weighted by Crippen LogP contribution is -2.20.